The first kappa shape index (κ1) is 13.9. The molecule has 1 saturated heterocycles. The zero-order valence-corrected chi connectivity index (χ0v) is 11.5. The minimum Gasteiger partial charge on any atom is -0.394 e. The summed E-state index contributed by atoms with van der Waals surface area (Å²) in [6, 6.07) is 6.01. The highest BCUT2D eigenvalue weighted by molar-refractivity contribution is 6.01. The van der Waals surface area contributed by atoms with Crippen LogP contribution in [0.1, 0.15) is 36.8 Å². The molecule has 0 aromatic heterocycles. The lowest BCUT2D eigenvalue weighted by atomic mass is 10.0. The number of benzene rings is 1. The largest absolute Gasteiger partial charge is 0.394 e. The SMILES string of the molecule is Cc1cccc(C(=N)N)c1N1CCCCCC1CO. The van der Waals surface area contributed by atoms with Crippen LogP contribution in [0.3, 0.4) is 0 Å². The summed E-state index contributed by atoms with van der Waals surface area (Å²) < 4.78 is 0. The van der Waals surface area contributed by atoms with Gasteiger partial charge in [-0.25, -0.2) is 0 Å². The Kier molecular flexibility index (Phi) is 4.43. The van der Waals surface area contributed by atoms with Crippen LogP contribution in [0.5, 0.6) is 0 Å². The summed E-state index contributed by atoms with van der Waals surface area (Å²) in [7, 11) is 0. The summed E-state index contributed by atoms with van der Waals surface area (Å²) in [5.74, 6) is 0.0969. The number of hydrogen-bond donors (Lipinski definition) is 3. The normalized spacial score (nSPS) is 20.1. The van der Waals surface area contributed by atoms with Crippen molar-refractivity contribution in [1.29, 1.82) is 5.41 Å². The number of nitrogens with one attached hydrogen (secondary N) is 1. The van der Waals surface area contributed by atoms with Crippen molar-refractivity contribution < 1.29 is 5.11 Å². The second kappa shape index (κ2) is 6.06. The van der Waals surface area contributed by atoms with Gasteiger partial charge in [0.1, 0.15) is 5.84 Å². The molecule has 1 aromatic carbocycles. The molecular formula is C15H23N3O. The van der Waals surface area contributed by atoms with Crippen LogP contribution in [-0.4, -0.2) is 30.1 Å². The van der Waals surface area contributed by atoms with Gasteiger partial charge in [-0.3, -0.25) is 5.41 Å². The van der Waals surface area contributed by atoms with Gasteiger partial charge in [-0.15, -0.1) is 0 Å². The van der Waals surface area contributed by atoms with Gasteiger partial charge < -0.3 is 15.7 Å². The third-order valence-electron chi connectivity index (χ3n) is 3.90. The molecule has 1 aromatic rings. The maximum atomic E-state index is 9.64. The van der Waals surface area contributed by atoms with Crippen LogP contribution in [0.25, 0.3) is 0 Å². The Balaban J connectivity index is 2.45. The number of nitrogen functional groups attached to an aromatic ring is 1. The van der Waals surface area contributed by atoms with E-state index in [0.717, 1.165) is 42.6 Å². The van der Waals surface area contributed by atoms with E-state index in [2.05, 4.69) is 4.90 Å². The number of amidine groups is 1. The molecule has 0 radical (unpaired) electrons. The molecule has 0 aliphatic carbocycles. The molecule has 1 atom stereocenters. The first-order valence-corrected chi connectivity index (χ1v) is 6.96. The molecule has 1 heterocycles. The fraction of sp³-hybridized carbons (Fsp3) is 0.533. The average Bonchev–Trinajstić information content (AvgIpc) is 2.63. The van der Waals surface area contributed by atoms with Gasteiger partial charge in [0.2, 0.25) is 0 Å². The summed E-state index contributed by atoms with van der Waals surface area (Å²) in [6.07, 6.45) is 4.49. The number of anilines is 1. The van der Waals surface area contributed by atoms with Crippen molar-refractivity contribution in [3.05, 3.63) is 29.3 Å². The lowest BCUT2D eigenvalue weighted by Gasteiger charge is -2.33. The second-order valence-corrected chi connectivity index (χ2v) is 5.26. The average molecular weight is 261 g/mol. The zero-order valence-electron chi connectivity index (χ0n) is 11.5. The number of nitrogens with two attached hydrogens (primary N) is 1. The Morgan fingerprint density at radius 3 is 2.89 bits per heavy atom. The summed E-state index contributed by atoms with van der Waals surface area (Å²) in [5, 5.41) is 17.4. The van der Waals surface area contributed by atoms with Gasteiger partial charge in [0.15, 0.2) is 0 Å². The number of aliphatic hydroxyl groups excluding tert-OH is 1. The first-order chi connectivity index (χ1) is 9.15. The van der Waals surface area contributed by atoms with Crippen molar-refractivity contribution in [3.63, 3.8) is 0 Å². The standard InChI is InChI=1S/C15H23N3O/c1-11-6-5-8-13(15(16)17)14(11)18-9-4-2-3-7-12(18)10-19/h5-6,8,12,19H,2-4,7,9-10H2,1H3,(H3,16,17). The van der Waals surface area contributed by atoms with E-state index in [0.29, 0.717) is 0 Å². The van der Waals surface area contributed by atoms with E-state index in [1.54, 1.807) is 0 Å². The highest BCUT2D eigenvalue weighted by Gasteiger charge is 2.24. The molecule has 1 aliphatic rings. The second-order valence-electron chi connectivity index (χ2n) is 5.26. The zero-order chi connectivity index (χ0) is 13.8. The molecule has 1 aliphatic heterocycles. The number of nitrogens with zero attached hydrogens (tertiary/aromatic N) is 1. The van der Waals surface area contributed by atoms with Crippen LogP contribution >= 0.6 is 0 Å². The Morgan fingerprint density at radius 2 is 2.21 bits per heavy atom. The van der Waals surface area contributed by atoms with E-state index in [1.807, 2.05) is 25.1 Å². The van der Waals surface area contributed by atoms with Gasteiger partial charge in [-0.1, -0.05) is 25.0 Å². The van der Waals surface area contributed by atoms with E-state index in [4.69, 9.17) is 11.1 Å². The van der Waals surface area contributed by atoms with Gasteiger partial charge >= 0.3 is 0 Å². The van der Waals surface area contributed by atoms with E-state index >= 15 is 0 Å². The number of aliphatic hydroxyl groups is 1. The van der Waals surface area contributed by atoms with Crippen LogP contribution < -0.4 is 10.6 Å². The predicted octanol–water partition coefficient (Wildman–Crippen LogP) is 2.02. The van der Waals surface area contributed by atoms with E-state index in [1.165, 1.54) is 6.42 Å². The van der Waals surface area contributed by atoms with Crippen molar-refractivity contribution in [2.45, 2.75) is 38.6 Å². The maximum absolute atomic E-state index is 9.64. The Labute approximate surface area is 114 Å². The number of aryl methyl sites for hydroxylation is 1. The van der Waals surface area contributed by atoms with Crippen LogP contribution in [0, 0.1) is 12.3 Å². The molecule has 4 N–H and O–H groups in total. The number of rotatable bonds is 3. The smallest absolute Gasteiger partial charge is 0.124 e. The Morgan fingerprint density at radius 1 is 1.42 bits per heavy atom. The monoisotopic (exact) mass is 261 g/mol. The molecular weight excluding hydrogens is 238 g/mol. The van der Waals surface area contributed by atoms with Crippen LogP contribution in [0.4, 0.5) is 5.69 Å². The summed E-state index contributed by atoms with van der Waals surface area (Å²) in [4.78, 5) is 2.25. The summed E-state index contributed by atoms with van der Waals surface area (Å²) >= 11 is 0. The fourth-order valence-electron chi connectivity index (χ4n) is 2.92. The molecule has 2 rings (SSSR count). The van der Waals surface area contributed by atoms with Crippen molar-refractivity contribution in [2.75, 3.05) is 18.1 Å². The van der Waals surface area contributed by atoms with E-state index < -0.39 is 0 Å². The van der Waals surface area contributed by atoms with E-state index in [9.17, 15) is 5.11 Å². The van der Waals surface area contributed by atoms with Gasteiger partial charge in [0.05, 0.1) is 18.3 Å². The van der Waals surface area contributed by atoms with Crippen molar-refractivity contribution in [3.8, 4) is 0 Å². The number of hydrogen-bond acceptors (Lipinski definition) is 3. The number of para-hydroxylation sites is 1. The highest BCUT2D eigenvalue weighted by atomic mass is 16.3. The molecule has 0 spiro atoms. The van der Waals surface area contributed by atoms with Crippen molar-refractivity contribution >= 4 is 11.5 Å². The molecule has 0 bridgehead atoms. The molecule has 0 saturated carbocycles. The molecule has 4 nitrogen and oxygen atoms in total. The minimum atomic E-state index is 0.0969. The predicted molar refractivity (Wildman–Crippen MR) is 78.9 cm³/mol. The van der Waals surface area contributed by atoms with Crippen molar-refractivity contribution in [2.24, 2.45) is 5.73 Å². The Bertz CT molecular complexity index is 459. The van der Waals surface area contributed by atoms with E-state index in [-0.39, 0.29) is 18.5 Å². The summed E-state index contributed by atoms with van der Waals surface area (Å²) in [6.45, 7) is 3.13. The molecule has 19 heavy (non-hydrogen) atoms. The van der Waals surface area contributed by atoms with Gasteiger partial charge in [-0.2, -0.15) is 0 Å². The lowest BCUT2D eigenvalue weighted by Crippen LogP contribution is -2.39. The molecule has 4 heteroatoms. The minimum absolute atomic E-state index is 0.0969. The molecule has 1 fully saturated rings. The fourth-order valence-corrected chi connectivity index (χ4v) is 2.92. The van der Waals surface area contributed by atoms with Crippen LogP contribution in [-0.2, 0) is 0 Å². The summed E-state index contributed by atoms with van der Waals surface area (Å²) in [5.41, 5.74) is 8.63. The van der Waals surface area contributed by atoms with Crippen LogP contribution in [0.2, 0.25) is 0 Å². The molecule has 0 amide bonds. The van der Waals surface area contributed by atoms with Gasteiger partial charge in [0, 0.05) is 12.1 Å². The van der Waals surface area contributed by atoms with Gasteiger partial charge in [0.25, 0.3) is 0 Å². The van der Waals surface area contributed by atoms with Crippen molar-refractivity contribution in [1.82, 2.24) is 0 Å². The first-order valence-electron chi connectivity index (χ1n) is 6.96. The third kappa shape index (κ3) is 2.89. The molecule has 1 unspecified atom stereocenters. The Hall–Kier alpha value is -1.55. The molecule has 104 valence electrons. The highest BCUT2D eigenvalue weighted by Crippen LogP contribution is 2.30. The van der Waals surface area contributed by atoms with Gasteiger partial charge in [-0.05, 0) is 31.4 Å². The topological polar surface area (TPSA) is 73.3 Å². The quantitative estimate of drug-likeness (QED) is 0.575. The maximum Gasteiger partial charge on any atom is 0.124 e. The third-order valence-corrected chi connectivity index (χ3v) is 3.90. The lowest BCUT2D eigenvalue weighted by molar-refractivity contribution is 0.255. The van der Waals surface area contributed by atoms with Crippen LogP contribution in [0.15, 0.2) is 18.2 Å².